The summed E-state index contributed by atoms with van der Waals surface area (Å²) in [6, 6.07) is 19.0. The van der Waals surface area contributed by atoms with Crippen LogP contribution < -0.4 is 16.0 Å². The summed E-state index contributed by atoms with van der Waals surface area (Å²) >= 11 is 0. The van der Waals surface area contributed by atoms with Gasteiger partial charge in [-0.3, -0.25) is 19.7 Å². The Morgan fingerprint density at radius 3 is 2.59 bits per heavy atom. The number of pyridine rings is 1. The topological polar surface area (TPSA) is 122 Å². The zero-order valence-corrected chi connectivity index (χ0v) is 22.5. The summed E-state index contributed by atoms with van der Waals surface area (Å²) in [4.78, 5) is 46.4. The summed E-state index contributed by atoms with van der Waals surface area (Å²) in [6.07, 6.45) is 2.80. The van der Waals surface area contributed by atoms with Crippen molar-refractivity contribution in [2.45, 2.75) is 29.8 Å². The average molecular weight is 554 g/mol. The molecule has 4 aliphatic rings. The molecule has 0 radical (unpaired) electrons. The maximum Gasteiger partial charge on any atom is 0.248 e. The third kappa shape index (κ3) is 4.39. The Morgan fingerprint density at radius 2 is 1.78 bits per heavy atom. The number of carbonyl (C=O) groups excluding carboxylic acids is 3. The highest BCUT2D eigenvalue weighted by Gasteiger charge is 2.51. The molecule has 3 aromatic rings. The predicted molar refractivity (Wildman–Crippen MR) is 150 cm³/mol. The van der Waals surface area contributed by atoms with Crippen LogP contribution in [0.1, 0.15) is 28.3 Å². The minimum Gasteiger partial charge on any atom is -0.376 e. The first kappa shape index (κ1) is 25.8. The van der Waals surface area contributed by atoms with E-state index >= 15 is 0 Å². The smallest absolute Gasteiger partial charge is 0.248 e. The van der Waals surface area contributed by atoms with Crippen LogP contribution in [-0.4, -0.2) is 72.7 Å². The van der Waals surface area contributed by atoms with Crippen LogP contribution in [0.25, 0.3) is 0 Å². The molecule has 3 amide bonds. The van der Waals surface area contributed by atoms with Gasteiger partial charge in [0.05, 0.1) is 37.9 Å². The lowest BCUT2D eigenvalue weighted by atomic mass is 9.79. The van der Waals surface area contributed by atoms with Crippen LogP contribution in [0.3, 0.4) is 0 Å². The Hall–Kier alpha value is -4.12. The highest BCUT2D eigenvalue weighted by atomic mass is 16.5. The summed E-state index contributed by atoms with van der Waals surface area (Å²) < 4.78 is 11.4. The largest absolute Gasteiger partial charge is 0.376 e. The SMILES string of the molecule is O=C(CN1C(=O)C2(COCCOC2)NC[C@H]1c1ccccc1)Nc1ccc2c(c1)CC1(C2)C(=O)Nc2ncccc21. The molecule has 210 valence electrons. The number of nitrogens with zero attached hydrogens (tertiary/aromatic N) is 2. The maximum atomic E-state index is 13.9. The van der Waals surface area contributed by atoms with Crippen LogP contribution in [-0.2, 0) is 42.1 Å². The summed E-state index contributed by atoms with van der Waals surface area (Å²) in [7, 11) is 0. The van der Waals surface area contributed by atoms with Gasteiger partial charge in [-0.2, -0.15) is 0 Å². The highest BCUT2D eigenvalue weighted by molar-refractivity contribution is 6.06. The van der Waals surface area contributed by atoms with Gasteiger partial charge < -0.3 is 25.0 Å². The Kier molecular flexibility index (Phi) is 6.33. The van der Waals surface area contributed by atoms with E-state index in [1.54, 1.807) is 11.1 Å². The maximum absolute atomic E-state index is 13.9. The summed E-state index contributed by atoms with van der Waals surface area (Å²) in [6.45, 7) is 1.55. The van der Waals surface area contributed by atoms with Crippen LogP contribution in [0.4, 0.5) is 11.5 Å². The molecule has 4 heterocycles. The van der Waals surface area contributed by atoms with E-state index in [-0.39, 0.29) is 43.5 Å². The molecule has 2 fully saturated rings. The Labute approximate surface area is 237 Å². The number of ether oxygens (including phenoxy) is 2. The number of piperazine rings is 1. The second-order valence-electron chi connectivity index (χ2n) is 11.2. The van der Waals surface area contributed by atoms with Crippen LogP contribution in [0.5, 0.6) is 0 Å². The number of hydrogen-bond donors (Lipinski definition) is 3. The van der Waals surface area contributed by atoms with Crippen molar-refractivity contribution in [1.82, 2.24) is 15.2 Å². The van der Waals surface area contributed by atoms with Crippen molar-refractivity contribution >= 4 is 29.2 Å². The van der Waals surface area contributed by atoms with Gasteiger partial charge in [0.25, 0.3) is 0 Å². The van der Waals surface area contributed by atoms with Gasteiger partial charge in [0.2, 0.25) is 17.7 Å². The first-order valence-corrected chi connectivity index (χ1v) is 13.9. The molecule has 3 aliphatic heterocycles. The van der Waals surface area contributed by atoms with Gasteiger partial charge in [-0.25, -0.2) is 4.98 Å². The normalized spacial score (nSPS) is 24.6. The van der Waals surface area contributed by atoms with E-state index in [0.29, 0.717) is 44.1 Å². The van der Waals surface area contributed by atoms with E-state index in [2.05, 4.69) is 20.9 Å². The van der Waals surface area contributed by atoms with Crippen molar-refractivity contribution in [3.8, 4) is 0 Å². The molecule has 2 saturated heterocycles. The van der Waals surface area contributed by atoms with Gasteiger partial charge in [0.1, 0.15) is 17.9 Å². The third-order valence-electron chi connectivity index (χ3n) is 8.71. The Morgan fingerprint density at radius 1 is 1.00 bits per heavy atom. The molecule has 2 aromatic carbocycles. The molecule has 2 atom stereocenters. The summed E-state index contributed by atoms with van der Waals surface area (Å²) in [5.74, 6) is 0.0602. The minimum atomic E-state index is -1.03. The standard InChI is InChI=1S/C31H31N5O5/c37-26(17-36-25(20-5-2-1-3-6-20)16-33-31(29(36)39)18-40-11-12-41-19-31)34-23-9-8-21-14-30(15-22(21)13-23)24-7-4-10-32-27(24)35-28(30)38/h1-10,13,25,33H,11-12,14-19H2,(H,34,37)(H,32,35,38)/t25-,30?/m0/s1. The predicted octanol–water partition coefficient (Wildman–Crippen LogP) is 1.97. The van der Waals surface area contributed by atoms with E-state index in [0.717, 1.165) is 22.3 Å². The second kappa shape index (κ2) is 10.1. The molecule has 0 bridgehead atoms. The van der Waals surface area contributed by atoms with Crippen molar-refractivity contribution in [3.05, 3.63) is 89.1 Å². The van der Waals surface area contributed by atoms with Crippen molar-refractivity contribution in [3.63, 3.8) is 0 Å². The zero-order chi connectivity index (χ0) is 28.0. The molecule has 0 saturated carbocycles. The molecule has 3 N–H and O–H groups in total. The van der Waals surface area contributed by atoms with E-state index in [4.69, 9.17) is 9.47 Å². The van der Waals surface area contributed by atoms with E-state index in [9.17, 15) is 14.4 Å². The van der Waals surface area contributed by atoms with Gasteiger partial charge in [-0.1, -0.05) is 42.5 Å². The molecular formula is C31H31N5O5. The first-order valence-electron chi connectivity index (χ1n) is 13.9. The first-order chi connectivity index (χ1) is 20.0. The average Bonchev–Trinajstić information content (AvgIpc) is 3.38. The van der Waals surface area contributed by atoms with E-state index in [1.807, 2.05) is 60.7 Å². The Balaban J connectivity index is 1.11. The zero-order valence-electron chi connectivity index (χ0n) is 22.5. The molecule has 10 nitrogen and oxygen atoms in total. The fraction of sp³-hybridized carbons (Fsp3) is 0.355. The second-order valence-corrected chi connectivity index (χ2v) is 11.2. The van der Waals surface area contributed by atoms with Gasteiger partial charge >= 0.3 is 0 Å². The Bertz CT molecular complexity index is 1520. The van der Waals surface area contributed by atoms with Crippen LogP contribution in [0.2, 0.25) is 0 Å². The molecule has 7 rings (SSSR count). The molecule has 1 aromatic heterocycles. The fourth-order valence-electron chi connectivity index (χ4n) is 6.63. The third-order valence-corrected chi connectivity index (χ3v) is 8.71. The number of benzene rings is 2. The fourth-order valence-corrected chi connectivity index (χ4v) is 6.63. The highest BCUT2D eigenvalue weighted by Crippen LogP contribution is 2.47. The number of carbonyl (C=O) groups is 3. The van der Waals surface area contributed by atoms with Crippen LogP contribution in [0, 0.1) is 0 Å². The molecule has 41 heavy (non-hydrogen) atoms. The van der Waals surface area contributed by atoms with Gasteiger partial charge in [0.15, 0.2) is 0 Å². The lowest BCUT2D eigenvalue weighted by Gasteiger charge is -2.45. The van der Waals surface area contributed by atoms with Crippen molar-refractivity contribution in [2.75, 3.05) is 50.2 Å². The number of aromatic nitrogens is 1. The van der Waals surface area contributed by atoms with Crippen molar-refractivity contribution in [2.24, 2.45) is 0 Å². The number of nitrogens with one attached hydrogen (secondary N) is 3. The number of anilines is 2. The minimum absolute atomic E-state index is 0.0439. The molecule has 10 heteroatoms. The van der Waals surface area contributed by atoms with Crippen LogP contribution in [0.15, 0.2) is 66.9 Å². The molecule has 2 spiro atoms. The van der Waals surface area contributed by atoms with Gasteiger partial charge in [0, 0.05) is 24.0 Å². The van der Waals surface area contributed by atoms with Crippen molar-refractivity contribution < 1.29 is 23.9 Å². The van der Waals surface area contributed by atoms with Gasteiger partial charge in [-0.15, -0.1) is 0 Å². The summed E-state index contributed by atoms with van der Waals surface area (Å²) in [5, 5.41) is 9.30. The molecular weight excluding hydrogens is 522 g/mol. The number of fused-ring (bicyclic) bond motifs is 3. The van der Waals surface area contributed by atoms with E-state index < -0.39 is 11.0 Å². The monoisotopic (exact) mass is 553 g/mol. The van der Waals surface area contributed by atoms with Crippen LogP contribution >= 0.6 is 0 Å². The number of rotatable bonds is 4. The lowest BCUT2D eigenvalue weighted by molar-refractivity contribution is -0.151. The molecule has 1 aliphatic carbocycles. The van der Waals surface area contributed by atoms with Gasteiger partial charge in [-0.05, 0) is 47.7 Å². The lowest BCUT2D eigenvalue weighted by Crippen LogP contribution is -2.69. The van der Waals surface area contributed by atoms with E-state index in [1.165, 1.54) is 0 Å². The number of hydrogen-bond acceptors (Lipinski definition) is 7. The van der Waals surface area contributed by atoms with Crippen molar-refractivity contribution in [1.29, 1.82) is 0 Å². The number of amides is 3. The molecule has 1 unspecified atom stereocenters. The quantitative estimate of drug-likeness (QED) is 0.452. The summed E-state index contributed by atoms with van der Waals surface area (Å²) in [5.41, 5.74) is 2.87.